The first-order valence-electron chi connectivity index (χ1n) is 10.4. The summed E-state index contributed by atoms with van der Waals surface area (Å²) in [6.07, 6.45) is 5.82. The van der Waals surface area contributed by atoms with Gasteiger partial charge in [-0.2, -0.15) is 5.10 Å². The van der Waals surface area contributed by atoms with Crippen LogP contribution >= 0.6 is 0 Å². The van der Waals surface area contributed by atoms with Gasteiger partial charge in [-0.1, -0.05) is 36.4 Å². The molecule has 3 aromatic carbocycles. The molecule has 2 aromatic heterocycles. The Kier molecular flexibility index (Phi) is 4.11. The highest BCUT2D eigenvalue weighted by Crippen LogP contribution is 2.33. The fourth-order valence-corrected chi connectivity index (χ4v) is 4.36. The number of rotatable bonds is 3. The fraction of sp³-hybridized carbons (Fsp3) is 0.120. The molecule has 6 heteroatoms. The van der Waals surface area contributed by atoms with E-state index in [0.717, 1.165) is 64.1 Å². The fourth-order valence-electron chi connectivity index (χ4n) is 4.36. The van der Waals surface area contributed by atoms with Gasteiger partial charge in [-0.15, -0.1) is 0 Å². The van der Waals surface area contributed by atoms with Crippen molar-refractivity contribution in [3.63, 3.8) is 0 Å². The lowest BCUT2D eigenvalue weighted by Crippen LogP contribution is -2.20. The summed E-state index contributed by atoms with van der Waals surface area (Å²) >= 11 is 0. The van der Waals surface area contributed by atoms with Crippen molar-refractivity contribution >= 4 is 27.8 Å². The molecule has 1 aliphatic rings. The van der Waals surface area contributed by atoms with Crippen molar-refractivity contribution in [3.8, 4) is 22.3 Å². The van der Waals surface area contributed by atoms with E-state index in [0.29, 0.717) is 0 Å². The summed E-state index contributed by atoms with van der Waals surface area (Å²) in [6.45, 7) is 2.98. The van der Waals surface area contributed by atoms with Crippen LogP contribution in [0, 0.1) is 0 Å². The van der Waals surface area contributed by atoms with Crippen LogP contribution in [0.3, 0.4) is 0 Å². The maximum absolute atomic E-state index is 6.18. The molecule has 0 saturated carbocycles. The van der Waals surface area contributed by atoms with Crippen molar-refractivity contribution < 1.29 is 0 Å². The molecule has 0 bridgehead atoms. The molecule has 1 fully saturated rings. The second-order valence-corrected chi connectivity index (χ2v) is 7.93. The van der Waals surface area contributed by atoms with E-state index in [1.165, 1.54) is 5.69 Å². The van der Waals surface area contributed by atoms with E-state index >= 15 is 0 Å². The number of anilines is 2. The Bertz CT molecular complexity index is 1400. The topological polar surface area (TPSA) is 71.5 Å². The molecule has 6 nitrogen and oxygen atoms in total. The van der Waals surface area contributed by atoms with Crippen molar-refractivity contribution in [1.82, 2.24) is 19.9 Å². The number of nitrogens with one attached hydrogen (secondary N) is 1. The Balaban J connectivity index is 1.40. The van der Waals surface area contributed by atoms with Crippen molar-refractivity contribution in [1.29, 1.82) is 0 Å². The van der Waals surface area contributed by atoms with Gasteiger partial charge in [0, 0.05) is 48.0 Å². The monoisotopic (exact) mass is 406 g/mol. The first kappa shape index (κ1) is 17.9. The maximum atomic E-state index is 6.18. The molecule has 5 aromatic rings. The van der Waals surface area contributed by atoms with Gasteiger partial charge in [-0.3, -0.25) is 5.32 Å². The lowest BCUT2D eigenvalue weighted by molar-refractivity contribution is 0.855. The average Bonchev–Trinajstić information content (AvgIpc) is 3.48. The normalized spacial score (nSPS) is 14.0. The average molecular weight is 406 g/mol. The number of fused-ring (bicyclic) bond motifs is 2. The van der Waals surface area contributed by atoms with Gasteiger partial charge < -0.3 is 10.6 Å². The van der Waals surface area contributed by atoms with Gasteiger partial charge >= 0.3 is 0 Å². The highest BCUT2D eigenvalue weighted by Gasteiger charge is 2.14. The van der Waals surface area contributed by atoms with Gasteiger partial charge in [0.2, 0.25) is 0 Å². The molecule has 0 spiro atoms. The van der Waals surface area contributed by atoms with Crippen LogP contribution in [0.2, 0.25) is 0 Å². The van der Waals surface area contributed by atoms with Crippen LogP contribution in [0.15, 0.2) is 79.3 Å². The first-order valence-corrected chi connectivity index (χ1v) is 10.4. The molecule has 1 aliphatic heterocycles. The summed E-state index contributed by atoms with van der Waals surface area (Å²) in [5, 5.41) is 10.2. The third-order valence-electron chi connectivity index (χ3n) is 5.96. The van der Waals surface area contributed by atoms with Crippen LogP contribution in [0.4, 0.5) is 11.4 Å². The zero-order chi connectivity index (χ0) is 20.8. The van der Waals surface area contributed by atoms with Crippen molar-refractivity contribution in [2.45, 2.75) is 0 Å². The Morgan fingerprint density at radius 2 is 1.77 bits per heavy atom. The Morgan fingerprint density at radius 1 is 0.903 bits per heavy atom. The second kappa shape index (κ2) is 7.11. The van der Waals surface area contributed by atoms with Crippen LogP contribution in [0.5, 0.6) is 0 Å². The van der Waals surface area contributed by atoms with Gasteiger partial charge in [-0.05, 0) is 46.2 Å². The molecule has 0 radical (unpaired) electrons. The minimum absolute atomic E-state index is 0.734. The minimum Gasteiger partial charge on any atom is -0.399 e. The summed E-state index contributed by atoms with van der Waals surface area (Å²) in [4.78, 5) is 7.10. The van der Waals surface area contributed by atoms with E-state index in [1.807, 2.05) is 47.4 Å². The van der Waals surface area contributed by atoms with Gasteiger partial charge in [0.25, 0.3) is 0 Å². The molecule has 0 atom stereocenters. The number of aromatic nitrogens is 3. The number of nitrogens with two attached hydrogens (primary N) is 1. The molecule has 152 valence electrons. The van der Waals surface area contributed by atoms with E-state index in [-0.39, 0.29) is 0 Å². The Labute approximate surface area is 179 Å². The molecule has 0 amide bonds. The first-order chi connectivity index (χ1) is 15.3. The minimum atomic E-state index is 0.734. The van der Waals surface area contributed by atoms with Crippen molar-refractivity contribution in [3.05, 3.63) is 79.3 Å². The van der Waals surface area contributed by atoms with Gasteiger partial charge in [0.05, 0.1) is 12.9 Å². The lowest BCUT2D eigenvalue weighted by Gasteiger charge is -2.16. The highest BCUT2D eigenvalue weighted by molar-refractivity contribution is 6.01. The molecule has 1 saturated heterocycles. The van der Waals surface area contributed by atoms with Crippen LogP contribution in [0.1, 0.15) is 0 Å². The molecule has 0 aliphatic carbocycles. The van der Waals surface area contributed by atoms with Crippen LogP contribution in [-0.4, -0.2) is 34.4 Å². The SMILES string of the molecule is Nc1cc(-c2cnn3cc(-c4ccc(N5CCNC5)cc4)cnc23)c2ccccc2c1. The molecular formula is C25H22N6. The summed E-state index contributed by atoms with van der Waals surface area (Å²) in [7, 11) is 0. The van der Waals surface area contributed by atoms with E-state index in [1.54, 1.807) is 0 Å². The molecular weight excluding hydrogens is 384 g/mol. The standard InChI is InChI=1S/C25H22N6/c26-20-11-18-3-1-2-4-22(18)23(12-20)24-14-29-31-15-19(13-28-25(24)31)17-5-7-21(8-6-17)30-10-9-27-16-30/h1-8,11-15,27H,9-10,16,26H2. The van der Waals surface area contributed by atoms with E-state index in [4.69, 9.17) is 10.7 Å². The second-order valence-electron chi connectivity index (χ2n) is 7.93. The number of nitrogen functional groups attached to an aromatic ring is 1. The smallest absolute Gasteiger partial charge is 0.162 e. The molecule has 0 unspecified atom stereocenters. The summed E-state index contributed by atoms with van der Waals surface area (Å²) in [5.74, 6) is 0. The van der Waals surface area contributed by atoms with E-state index in [2.05, 4.69) is 51.7 Å². The van der Waals surface area contributed by atoms with Gasteiger partial charge in [-0.25, -0.2) is 9.50 Å². The van der Waals surface area contributed by atoms with E-state index < -0.39 is 0 Å². The van der Waals surface area contributed by atoms with Gasteiger partial charge in [0.1, 0.15) is 0 Å². The zero-order valence-electron chi connectivity index (χ0n) is 17.0. The number of nitrogens with zero attached hydrogens (tertiary/aromatic N) is 4. The third-order valence-corrected chi connectivity index (χ3v) is 5.96. The number of hydrogen-bond donors (Lipinski definition) is 2. The molecule has 31 heavy (non-hydrogen) atoms. The Hall–Kier alpha value is -3.90. The quantitative estimate of drug-likeness (QED) is 0.440. The molecule has 6 rings (SSSR count). The molecule has 3 N–H and O–H groups in total. The largest absolute Gasteiger partial charge is 0.399 e. The van der Waals surface area contributed by atoms with Gasteiger partial charge in [0.15, 0.2) is 5.65 Å². The van der Waals surface area contributed by atoms with Crippen molar-refractivity contribution in [2.75, 3.05) is 30.4 Å². The number of hydrogen-bond acceptors (Lipinski definition) is 5. The van der Waals surface area contributed by atoms with Crippen LogP contribution in [-0.2, 0) is 0 Å². The van der Waals surface area contributed by atoms with Crippen LogP contribution < -0.4 is 16.0 Å². The Morgan fingerprint density at radius 3 is 2.61 bits per heavy atom. The number of benzene rings is 3. The highest BCUT2D eigenvalue weighted by atomic mass is 15.3. The molecule has 3 heterocycles. The lowest BCUT2D eigenvalue weighted by atomic mass is 9.99. The maximum Gasteiger partial charge on any atom is 0.162 e. The summed E-state index contributed by atoms with van der Waals surface area (Å²) in [6, 6.07) is 20.9. The third kappa shape index (κ3) is 3.08. The predicted octanol–water partition coefficient (Wildman–Crippen LogP) is 4.17. The summed E-state index contributed by atoms with van der Waals surface area (Å²) in [5.41, 5.74) is 13.1. The predicted molar refractivity (Wildman–Crippen MR) is 126 cm³/mol. The summed E-state index contributed by atoms with van der Waals surface area (Å²) < 4.78 is 1.85. The zero-order valence-corrected chi connectivity index (χ0v) is 17.0. The van der Waals surface area contributed by atoms with Crippen molar-refractivity contribution in [2.24, 2.45) is 0 Å². The van der Waals surface area contributed by atoms with E-state index in [9.17, 15) is 0 Å². The van der Waals surface area contributed by atoms with Crippen LogP contribution in [0.25, 0.3) is 38.7 Å².